The quantitative estimate of drug-likeness (QED) is 0.874. The molecule has 5 aliphatic rings. The zero-order valence-electron chi connectivity index (χ0n) is 15.8. The maximum atomic E-state index is 13.5. The Morgan fingerprint density at radius 1 is 1.15 bits per heavy atom. The number of carbonyl (C=O) groups excluding carboxylic acids is 1. The summed E-state index contributed by atoms with van der Waals surface area (Å²) in [5.41, 5.74) is 2.51. The van der Waals surface area contributed by atoms with Crippen molar-refractivity contribution in [1.82, 2.24) is 10.6 Å². The predicted octanol–water partition coefficient (Wildman–Crippen LogP) is 3.39. The van der Waals surface area contributed by atoms with Gasteiger partial charge >= 0.3 is 0 Å². The minimum absolute atomic E-state index is 0.0507. The summed E-state index contributed by atoms with van der Waals surface area (Å²) in [6, 6.07) is 11.5. The van der Waals surface area contributed by atoms with Crippen LogP contribution in [-0.4, -0.2) is 25.0 Å². The lowest BCUT2D eigenvalue weighted by Gasteiger charge is -2.99. The molecule has 0 bridgehead atoms. The van der Waals surface area contributed by atoms with Gasteiger partial charge in [-0.2, -0.15) is 0 Å². The molecule has 1 spiro atoms. The molecule has 5 fully saturated rings. The van der Waals surface area contributed by atoms with Gasteiger partial charge in [0.25, 0.3) is 0 Å². The number of hydrogen-bond acceptors (Lipinski definition) is 2. The Balaban J connectivity index is 1.35. The van der Waals surface area contributed by atoms with E-state index in [4.69, 9.17) is 0 Å². The first-order chi connectivity index (χ1) is 12.6. The maximum absolute atomic E-state index is 13.5. The number of amides is 1. The average molecular weight is 351 g/mol. The summed E-state index contributed by atoms with van der Waals surface area (Å²) in [4.78, 5) is 13.5. The van der Waals surface area contributed by atoms with Gasteiger partial charge in [0.2, 0.25) is 5.91 Å². The number of carbonyl (C=O) groups is 1. The highest BCUT2D eigenvalue weighted by atomic mass is 16.2. The molecule has 1 aliphatic heterocycles. The Morgan fingerprint density at radius 2 is 1.92 bits per heavy atom. The van der Waals surface area contributed by atoms with Crippen molar-refractivity contribution in [2.75, 3.05) is 13.1 Å². The molecule has 0 aromatic heterocycles. The molecule has 26 heavy (non-hydrogen) atoms. The highest BCUT2D eigenvalue weighted by Crippen LogP contribution is 3.02. The molecule has 4 aliphatic carbocycles. The molecule has 4 saturated carbocycles. The molecule has 0 radical (unpaired) electrons. The van der Waals surface area contributed by atoms with Gasteiger partial charge in [-0.25, -0.2) is 0 Å². The average Bonchev–Trinajstić information content (AvgIpc) is 2.62. The van der Waals surface area contributed by atoms with Gasteiger partial charge in [0.05, 0.1) is 5.41 Å². The number of rotatable bonds is 4. The van der Waals surface area contributed by atoms with Crippen molar-refractivity contribution < 1.29 is 4.79 Å². The van der Waals surface area contributed by atoms with Crippen LogP contribution in [0.4, 0.5) is 0 Å². The highest BCUT2D eigenvalue weighted by Gasteiger charge is 2.99. The normalized spacial score (nSPS) is 48.0. The Bertz CT molecular complexity index is 772. The molecule has 2 N–H and O–H groups in total. The van der Waals surface area contributed by atoms with E-state index in [2.05, 4.69) is 47.9 Å². The molecule has 3 heteroatoms. The van der Waals surface area contributed by atoms with Crippen LogP contribution in [-0.2, 0) is 10.2 Å². The number of hydrogen-bond donors (Lipinski definition) is 2. The molecule has 5 unspecified atom stereocenters. The summed E-state index contributed by atoms with van der Waals surface area (Å²) in [6.45, 7) is 4.45. The van der Waals surface area contributed by atoms with Crippen LogP contribution in [0.1, 0.15) is 57.4 Å². The molecular formula is C23H30N2O. The second-order valence-electron chi connectivity index (χ2n) is 9.93. The van der Waals surface area contributed by atoms with E-state index in [0.29, 0.717) is 28.2 Å². The van der Waals surface area contributed by atoms with E-state index < -0.39 is 0 Å². The lowest BCUT2D eigenvalue weighted by Crippen LogP contribution is -2.98. The van der Waals surface area contributed by atoms with Crippen LogP contribution in [0.2, 0.25) is 0 Å². The first-order valence-corrected chi connectivity index (χ1v) is 10.7. The third-order valence-electron chi connectivity index (χ3n) is 9.55. The van der Waals surface area contributed by atoms with E-state index in [1.54, 1.807) is 0 Å². The van der Waals surface area contributed by atoms with Crippen molar-refractivity contribution >= 4 is 5.91 Å². The minimum atomic E-state index is -0.0507. The molecule has 1 saturated heterocycles. The molecule has 1 heterocycles. The monoisotopic (exact) mass is 350 g/mol. The van der Waals surface area contributed by atoms with Crippen LogP contribution < -0.4 is 10.6 Å². The molecule has 138 valence electrons. The van der Waals surface area contributed by atoms with Crippen molar-refractivity contribution in [3.8, 4) is 0 Å². The third kappa shape index (κ3) is 1.35. The Labute approximate surface area is 156 Å². The fourth-order valence-electron chi connectivity index (χ4n) is 9.04. The van der Waals surface area contributed by atoms with Gasteiger partial charge in [0.15, 0.2) is 0 Å². The lowest BCUT2D eigenvalue weighted by atomic mass is 9.03. The second kappa shape index (κ2) is 4.73. The van der Waals surface area contributed by atoms with Gasteiger partial charge in [0, 0.05) is 16.9 Å². The van der Waals surface area contributed by atoms with Crippen LogP contribution in [0.5, 0.6) is 0 Å². The number of benzene rings is 1. The zero-order chi connectivity index (χ0) is 17.6. The van der Waals surface area contributed by atoms with Crippen LogP contribution >= 0.6 is 0 Å². The van der Waals surface area contributed by atoms with Crippen molar-refractivity contribution in [2.24, 2.45) is 22.2 Å². The van der Waals surface area contributed by atoms with Crippen LogP contribution in [0, 0.1) is 22.2 Å². The number of piperidine rings is 1. The zero-order valence-corrected chi connectivity index (χ0v) is 15.8. The van der Waals surface area contributed by atoms with E-state index in [-0.39, 0.29) is 5.41 Å². The van der Waals surface area contributed by atoms with Crippen molar-refractivity contribution in [2.45, 2.75) is 63.3 Å². The predicted molar refractivity (Wildman–Crippen MR) is 102 cm³/mol. The first kappa shape index (κ1) is 15.7. The van der Waals surface area contributed by atoms with E-state index in [1.807, 2.05) is 0 Å². The Hall–Kier alpha value is -1.35. The van der Waals surface area contributed by atoms with Crippen LogP contribution in [0.25, 0.3) is 0 Å². The Kier molecular flexibility index (Phi) is 2.85. The van der Waals surface area contributed by atoms with E-state index in [0.717, 1.165) is 44.7 Å². The van der Waals surface area contributed by atoms with Gasteiger partial charge in [-0.05, 0) is 74.9 Å². The van der Waals surface area contributed by atoms with E-state index >= 15 is 0 Å². The minimum Gasteiger partial charge on any atom is -0.353 e. The molecule has 6 rings (SSSR count). The van der Waals surface area contributed by atoms with Crippen LogP contribution in [0.3, 0.4) is 0 Å². The van der Waals surface area contributed by atoms with Crippen LogP contribution in [0.15, 0.2) is 30.3 Å². The third-order valence-corrected chi connectivity index (χ3v) is 9.55. The highest BCUT2D eigenvalue weighted by molar-refractivity contribution is 5.90. The Morgan fingerprint density at radius 3 is 2.62 bits per heavy atom. The summed E-state index contributed by atoms with van der Waals surface area (Å²) in [5.74, 6) is 1.20. The molecule has 3 nitrogen and oxygen atoms in total. The summed E-state index contributed by atoms with van der Waals surface area (Å²) >= 11 is 0. The van der Waals surface area contributed by atoms with Gasteiger partial charge in [-0.15, -0.1) is 0 Å². The van der Waals surface area contributed by atoms with Crippen molar-refractivity contribution in [1.29, 1.82) is 0 Å². The van der Waals surface area contributed by atoms with Gasteiger partial charge < -0.3 is 10.6 Å². The van der Waals surface area contributed by atoms with Gasteiger partial charge in [-0.3, -0.25) is 4.79 Å². The van der Waals surface area contributed by atoms with Gasteiger partial charge in [0.1, 0.15) is 0 Å². The van der Waals surface area contributed by atoms with Crippen molar-refractivity contribution in [3.63, 3.8) is 0 Å². The molecular weight excluding hydrogens is 320 g/mol. The SMILES string of the molecule is CCC12CC3CC4(C(=O)NC5CCNCC5)CC(c5ccccc5)(C1)C324. The first-order valence-electron chi connectivity index (χ1n) is 10.7. The second-order valence-corrected chi connectivity index (χ2v) is 9.93. The molecule has 1 aromatic rings. The summed E-state index contributed by atoms with van der Waals surface area (Å²) in [5, 5.41) is 6.90. The lowest BCUT2D eigenvalue weighted by molar-refractivity contribution is -0.478. The summed E-state index contributed by atoms with van der Waals surface area (Å²) in [6.07, 6.45) is 8.36. The molecule has 1 aromatic carbocycles. The maximum Gasteiger partial charge on any atom is 0.227 e. The summed E-state index contributed by atoms with van der Waals surface area (Å²) < 4.78 is 0. The van der Waals surface area contributed by atoms with E-state index in [1.165, 1.54) is 24.8 Å². The largest absolute Gasteiger partial charge is 0.353 e. The fraction of sp³-hybridized carbons (Fsp3) is 0.696. The molecule has 1 amide bonds. The summed E-state index contributed by atoms with van der Waals surface area (Å²) in [7, 11) is 0. The number of nitrogens with one attached hydrogen (secondary N) is 2. The van der Waals surface area contributed by atoms with E-state index in [9.17, 15) is 4.79 Å². The van der Waals surface area contributed by atoms with Crippen molar-refractivity contribution in [3.05, 3.63) is 35.9 Å². The smallest absolute Gasteiger partial charge is 0.227 e. The fourth-order valence-corrected chi connectivity index (χ4v) is 9.04. The molecule has 5 atom stereocenters. The standard InChI is InChI=1S/C23H30N2O/c1-2-20-12-17-13-21(19(26)25-18-8-10-24-11-9-18)15-22(14-20,23(17,20)21)16-6-4-3-5-7-16/h3-7,17-18,24H,2,8-15H2,1H3,(H,25,26). The van der Waals surface area contributed by atoms with Gasteiger partial charge in [-0.1, -0.05) is 37.3 Å². The topological polar surface area (TPSA) is 41.1 Å².